The lowest BCUT2D eigenvalue weighted by Gasteiger charge is -2.24. The van der Waals surface area contributed by atoms with E-state index >= 15 is 0 Å². The van der Waals surface area contributed by atoms with E-state index in [-0.39, 0.29) is 18.1 Å². The van der Waals surface area contributed by atoms with E-state index in [1.807, 2.05) is 0 Å². The highest BCUT2D eigenvalue weighted by molar-refractivity contribution is 6.00. The molecule has 4 rings (SSSR count). The largest absolute Gasteiger partial charge is 0.489 e. The first kappa shape index (κ1) is 25.0. The van der Waals surface area contributed by atoms with Crippen molar-refractivity contribution in [1.29, 1.82) is 0 Å². The third-order valence-corrected chi connectivity index (χ3v) is 6.83. The first-order valence-electron chi connectivity index (χ1n) is 11.9. The Balaban J connectivity index is 1.47. The van der Waals surface area contributed by atoms with Crippen LogP contribution in [0.1, 0.15) is 66.7 Å². The summed E-state index contributed by atoms with van der Waals surface area (Å²) >= 11 is 0. The van der Waals surface area contributed by atoms with Crippen LogP contribution in [0.25, 0.3) is 0 Å². The molecule has 1 aliphatic heterocycles. The van der Waals surface area contributed by atoms with Crippen molar-refractivity contribution in [2.24, 2.45) is 5.73 Å². The highest BCUT2D eigenvalue weighted by atomic mass is 19.4. The lowest BCUT2D eigenvalue weighted by molar-refractivity contribution is -0.139. The molecule has 3 N–H and O–H groups in total. The van der Waals surface area contributed by atoms with Crippen molar-refractivity contribution < 1.29 is 32.6 Å². The molecule has 0 spiro atoms. The fourth-order valence-electron chi connectivity index (χ4n) is 5.01. The molecule has 0 bridgehead atoms. The number of anilines is 1. The van der Waals surface area contributed by atoms with Gasteiger partial charge in [0.05, 0.1) is 18.0 Å². The third-order valence-electron chi connectivity index (χ3n) is 6.83. The number of carboxylic acids is 1. The number of nitrogens with two attached hydrogens (primary N) is 1. The Bertz CT molecular complexity index is 1100. The average Bonchev–Trinajstić information content (AvgIpc) is 3.25. The van der Waals surface area contributed by atoms with Gasteiger partial charge in [0.2, 0.25) is 5.91 Å². The molecule has 1 amide bonds. The number of carbonyl (C=O) groups excluding carboxylic acids is 1. The summed E-state index contributed by atoms with van der Waals surface area (Å²) in [4.78, 5) is 24.8. The van der Waals surface area contributed by atoms with Gasteiger partial charge in [-0.1, -0.05) is 31.4 Å². The quantitative estimate of drug-likeness (QED) is 0.568. The second kappa shape index (κ2) is 10.3. The van der Waals surface area contributed by atoms with Crippen LogP contribution in [0.4, 0.5) is 18.9 Å². The number of nitrogens with zero attached hydrogens (tertiary/aromatic N) is 1. The summed E-state index contributed by atoms with van der Waals surface area (Å²) in [7, 11) is 0. The van der Waals surface area contributed by atoms with Crippen molar-refractivity contribution in [3.8, 4) is 5.75 Å². The van der Waals surface area contributed by atoms with Gasteiger partial charge in [-0.25, -0.2) is 0 Å². The van der Waals surface area contributed by atoms with Crippen molar-refractivity contribution in [2.75, 3.05) is 11.4 Å². The predicted molar refractivity (Wildman–Crippen MR) is 124 cm³/mol. The van der Waals surface area contributed by atoms with Gasteiger partial charge in [0, 0.05) is 17.8 Å². The summed E-state index contributed by atoms with van der Waals surface area (Å²) < 4.78 is 47.2. The summed E-state index contributed by atoms with van der Waals surface area (Å²) in [5, 5.41) is 8.87. The fourth-order valence-corrected chi connectivity index (χ4v) is 5.01. The number of ether oxygens (including phenoxy) is 1. The van der Waals surface area contributed by atoms with Crippen molar-refractivity contribution in [3.63, 3.8) is 0 Å². The van der Waals surface area contributed by atoms with Crippen LogP contribution >= 0.6 is 0 Å². The van der Waals surface area contributed by atoms with Crippen LogP contribution in [0.5, 0.6) is 5.75 Å². The smallest absolute Gasteiger partial charge is 0.416 e. The number of carbonyl (C=O) groups is 2. The van der Waals surface area contributed by atoms with Crippen LogP contribution in [-0.4, -0.2) is 29.6 Å². The number of aliphatic carboxylic acids is 1. The molecular weight excluding hydrogens is 461 g/mol. The first-order chi connectivity index (χ1) is 16.6. The number of amides is 1. The van der Waals surface area contributed by atoms with Crippen LogP contribution < -0.4 is 15.4 Å². The van der Waals surface area contributed by atoms with Gasteiger partial charge in [0.1, 0.15) is 12.4 Å². The van der Waals surface area contributed by atoms with Crippen LogP contribution in [0.15, 0.2) is 36.4 Å². The summed E-state index contributed by atoms with van der Waals surface area (Å²) in [6.07, 6.45) is 0.640. The number of rotatable bonds is 7. The molecule has 0 saturated heterocycles. The Kier molecular flexibility index (Phi) is 7.35. The summed E-state index contributed by atoms with van der Waals surface area (Å²) in [6, 6.07) is 8.39. The van der Waals surface area contributed by atoms with Gasteiger partial charge in [-0.05, 0) is 60.6 Å². The second-order valence-electron chi connectivity index (χ2n) is 9.27. The first-order valence-corrected chi connectivity index (χ1v) is 11.9. The minimum atomic E-state index is -4.48. The zero-order valence-electron chi connectivity index (χ0n) is 19.3. The minimum Gasteiger partial charge on any atom is -0.489 e. The second-order valence-corrected chi connectivity index (χ2v) is 9.27. The molecule has 2 aromatic rings. The van der Waals surface area contributed by atoms with E-state index in [9.17, 15) is 22.8 Å². The standard InChI is InChI=1S/C26H29F3N2O4/c27-26(28,29)21-13-17(16-4-2-1-3-5-16)6-7-19(21)15-35-20-8-9-23-18(12-20)10-11-31(23)25(34)22(30)14-24(32)33/h6-9,12-13,16,22H,1-5,10-11,14-15,30H2,(H,32,33)/t22-/m1/s1. The van der Waals surface area contributed by atoms with E-state index in [1.54, 1.807) is 24.3 Å². The molecule has 35 heavy (non-hydrogen) atoms. The van der Waals surface area contributed by atoms with Crippen molar-refractivity contribution >= 4 is 17.6 Å². The van der Waals surface area contributed by atoms with E-state index in [0.29, 0.717) is 24.4 Å². The Morgan fingerprint density at radius 1 is 1.11 bits per heavy atom. The number of alkyl halides is 3. The number of fused-ring (bicyclic) bond motifs is 1. The normalized spacial score (nSPS) is 17.2. The van der Waals surface area contributed by atoms with E-state index in [4.69, 9.17) is 15.6 Å². The molecule has 1 fully saturated rings. The van der Waals surface area contributed by atoms with Crippen molar-refractivity contribution in [3.05, 3.63) is 58.7 Å². The van der Waals surface area contributed by atoms with Gasteiger partial charge in [-0.2, -0.15) is 13.2 Å². The number of benzene rings is 2. The Morgan fingerprint density at radius 2 is 1.86 bits per heavy atom. The number of hydrogen-bond donors (Lipinski definition) is 2. The van der Waals surface area contributed by atoms with Crippen LogP contribution in [0, 0.1) is 0 Å². The molecule has 0 aromatic heterocycles. The molecule has 1 saturated carbocycles. The molecule has 1 atom stereocenters. The van der Waals surface area contributed by atoms with Gasteiger partial charge < -0.3 is 20.5 Å². The molecule has 1 heterocycles. The number of carboxylic acid groups (broad SMARTS) is 1. The minimum absolute atomic E-state index is 0.0778. The molecule has 9 heteroatoms. The van der Waals surface area contributed by atoms with Gasteiger partial charge in [-0.15, -0.1) is 0 Å². The Morgan fingerprint density at radius 3 is 2.54 bits per heavy atom. The van der Waals surface area contributed by atoms with E-state index in [1.165, 1.54) is 17.0 Å². The van der Waals surface area contributed by atoms with Gasteiger partial charge >= 0.3 is 12.1 Å². The van der Waals surface area contributed by atoms with Gasteiger partial charge in [-0.3, -0.25) is 9.59 Å². The molecule has 0 unspecified atom stereocenters. The lowest BCUT2D eigenvalue weighted by Crippen LogP contribution is -2.44. The maximum atomic E-state index is 13.8. The third kappa shape index (κ3) is 5.78. The maximum Gasteiger partial charge on any atom is 0.416 e. The Labute approximate surface area is 201 Å². The molecule has 6 nitrogen and oxygen atoms in total. The lowest BCUT2D eigenvalue weighted by atomic mass is 9.83. The van der Waals surface area contributed by atoms with Crippen molar-refractivity contribution in [1.82, 2.24) is 0 Å². The Hall–Kier alpha value is -3.07. The topological polar surface area (TPSA) is 92.9 Å². The SMILES string of the molecule is N[C@H](CC(=O)O)C(=O)N1CCc2cc(OCc3ccc(C4CCCCC4)cc3C(F)(F)F)ccc21. The van der Waals surface area contributed by atoms with Crippen LogP contribution in [0.3, 0.4) is 0 Å². The zero-order chi connectivity index (χ0) is 25.2. The van der Waals surface area contributed by atoms with Gasteiger partial charge in [0.25, 0.3) is 0 Å². The zero-order valence-corrected chi connectivity index (χ0v) is 19.3. The molecule has 2 aromatic carbocycles. The van der Waals surface area contributed by atoms with Crippen LogP contribution in [-0.2, 0) is 28.8 Å². The summed E-state index contributed by atoms with van der Waals surface area (Å²) in [5.74, 6) is -1.06. The maximum absolute atomic E-state index is 13.8. The highest BCUT2D eigenvalue weighted by Gasteiger charge is 2.35. The summed E-state index contributed by atoms with van der Waals surface area (Å²) in [6.45, 7) is 0.122. The molecule has 0 radical (unpaired) electrons. The van der Waals surface area contributed by atoms with Crippen LogP contribution in [0.2, 0.25) is 0 Å². The summed E-state index contributed by atoms with van der Waals surface area (Å²) in [5.41, 5.74) is 7.27. The predicted octanol–water partition coefficient (Wildman–Crippen LogP) is 5.02. The molecule has 188 valence electrons. The average molecular weight is 491 g/mol. The highest BCUT2D eigenvalue weighted by Crippen LogP contribution is 2.39. The molecule has 2 aliphatic rings. The molecular formula is C26H29F3N2O4. The monoisotopic (exact) mass is 490 g/mol. The van der Waals surface area contributed by atoms with Gasteiger partial charge in [0.15, 0.2) is 0 Å². The van der Waals surface area contributed by atoms with Crippen molar-refractivity contribution in [2.45, 2.75) is 69.7 Å². The fraction of sp³-hybridized carbons (Fsp3) is 0.462. The molecule has 1 aliphatic carbocycles. The number of halogens is 3. The number of hydrogen-bond acceptors (Lipinski definition) is 4. The van der Waals surface area contributed by atoms with E-state index < -0.39 is 36.1 Å². The van der Waals surface area contributed by atoms with E-state index in [2.05, 4.69) is 0 Å². The van der Waals surface area contributed by atoms with E-state index in [0.717, 1.165) is 43.2 Å².